The van der Waals surface area contributed by atoms with E-state index in [2.05, 4.69) is 17.4 Å². The number of hydrogen-bond donors (Lipinski definition) is 3. The van der Waals surface area contributed by atoms with E-state index in [1.165, 1.54) is 0 Å². The molecular weight excluding hydrogens is 380 g/mol. The standard InChI is InChI=1S/C21H24N2O4.ClH/c22-12-6-5-11-19(20(24)25)23-21(26)27-13-18-16-9-3-1-7-14(16)15-8-2-4-10-17(15)18;/h1-4,7-10,18-19H,5-6,11-13,22H2,(H,23,26)(H,24,25);1H/t19-;/m1./s1. The Morgan fingerprint density at radius 3 is 2.14 bits per heavy atom. The number of halogens is 1. The number of alkyl carbamates (subject to hydrolysis) is 1. The number of carbonyl (C=O) groups excluding carboxylic acids is 1. The topological polar surface area (TPSA) is 102 Å². The van der Waals surface area contributed by atoms with Crippen molar-refractivity contribution in [2.24, 2.45) is 5.73 Å². The minimum Gasteiger partial charge on any atom is -0.480 e. The van der Waals surface area contributed by atoms with Crippen molar-refractivity contribution in [3.05, 3.63) is 59.7 Å². The molecule has 6 nitrogen and oxygen atoms in total. The molecule has 0 aromatic heterocycles. The maximum Gasteiger partial charge on any atom is 0.407 e. The monoisotopic (exact) mass is 404 g/mol. The number of carbonyl (C=O) groups is 2. The number of nitrogens with two attached hydrogens (primary N) is 1. The van der Waals surface area contributed by atoms with E-state index < -0.39 is 18.1 Å². The largest absolute Gasteiger partial charge is 0.480 e. The molecule has 1 aliphatic carbocycles. The number of benzene rings is 2. The first kappa shape index (κ1) is 21.7. The van der Waals surface area contributed by atoms with Gasteiger partial charge in [0.1, 0.15) is 12.6 Å². The van der Waals surface area contributed by atoms with Gasteiger partial charge < -0.3 is 20.9 Å². The zero-order chi connectivity index (χ0) is 19.2. The van der Waals surface area contributed by atoms with Gasteiger partial charge in [-0.2, -0.15) is 0 Å². The van der Waals surface area contributed by atoms with Crippen LogP contribution in [0.2, 0.25) is 0 Å². The summed E-state index contributed by atoms with van der Waals surface area (Å²) in [6, 6.07) is 15.1. The van der Waals surface area contributed by atoms with E-state index in [-0.39, 0.29) is 24.9 Å². The predicted molar refractivity (Wildman–Crippen MR) is 110 cm³/mol. The van der Waals surface area contributed by atoms with Crippen molar-refractivity contribution in [3.8, 4) is 11.1 Å². The highest BCUT2D eigenvalue weighted by Gasteiger charge is 2.29. The molecule has 0 bridgehead atoms. The van der Waals surface area contributed by atoms with Gasteiger partial charge in [0.05, 0.1) is 0 Å². The second kappa shape index (κ2) is 10.1. The van der Waals surface area contributed by atoms with Gasteiger partial charge in [-0.3, -0.25) is 0 Å². The average Bonchev–Trinajstić information content (AvgIpc) is 2.99. The van der Waals surface area contributed by atoms with Crippen molar-refractivity contribution in [3.63, 3.8) is 0 Å². The molecule has 2 aromatic rings. The van der Waals surface area contributed by atoms with Crippen molar-refractivity contribution < 1.29 is 19.4 Å². The van der Waals surface area contributed by atoms with Gasteiger partial charge in [0.15, 0.2) is 0 Å². The maximum absolute atomic E-state index is 12.1. The summed E-state index contributed by atoms with van der Waals surface area (Å²) in [6.45, 7) is 0.659. The molecule has 1 aliphatic rings. The fourth-order valence-electron chi connectivity index (χ4n) is 3.53. The van der Waals surface area contributed by atoms with Crippen LogP contribution in [0.15, 0.2) is 48.5 Å². The molecule has 0 unspecified atom stereocenters. The summed E-state index contributed by atoms with van der Waals surface area (Å²) in [6.07, 6.45) is 0.973. The molecule has 0 radical (unpaired) electrons. The number of carboxylic acids is 1. The molecule has 0 saturated heterocycles. The lowest BCUT2D eigenvalue weighted by Crippen LogP contribution is -2.41. The first-order valence-electron chi connectivity index (χ1n) is 9.16. The molecule has 0 fully saturated rings. The fourth-order valence-corrected chi connectivity index (χ4v) is 3.53. The quantitative estimate of drug-likeness (QED) is 0.584. The molecule has 0 aliphatic heterocycles. The maximum atomic E-state index is 12.1. The molecule has 0 spiro atoms. The van der Waals surface area contributed by atoms with Crippen LogP contribution in [0, 0.1) is 0 Å². The zero-order valence-corrected chi connectivity index (χ0v) is 16.3. The van der Waals surface area contributed by atoms with Crippen molar-refractivity contribution >= 4 is 24.5 Å². The molecule has 0 saturated carbocycles. The molecule has 2 aromatic carbocycles. The highest BCUT2D eigenvalue weighted by molar-refractivity contribution is 5.85. The Morgan fingerprint density at radius 1 is 1.04 bits per heavy atom. The van der Waals surface area contributed by atoms with E-state index in [4.69, 9.17) is 10.5 Å². The van der Waals surface area contributed by atoms with Gasteiger partial charge in [-0.05, 0) is 48.1 Å². The number of fused-ring (bicyclic) bond motifs is 3. The van der Waals surface area contributed by atoms with Crippen LogP contribution in [0.1, 0.15) is 36.3 Å². The lowest BCUT2D eigenvalue weighted by molar-refractivity contribution is -0.139. The lowest BCUT2D eigenvalue weighted by atomic mass is 9.98. The van der Waals surface area contributed by atoms with Crippen LogP contribution in [0.5, 0.6) is 0 Å². The Balaban J connectivity index is 0.00000280. The van der Waals surface area contributed by atoms with Crippen molar-refractivity contribution in [1.82, 2.24) is 5.32 Å². The van der Waals surface area contributed by atoms with Crippen LogP contribution in [-0.4, -0.2) is 36.4 Å². The van der Waals surface area contributed by atoms with E-state index in [1.54, 1.807) is 0 Å². The molecule has 0 heterocycles. The third kappa shape index (κ3) is 4.82. The minimum atomic E-state index is -1.07. The van der Waals surface area contributed by atoms with E-state index in [1.807, 2.05) is 36.4 Å². The lowest BCUT2D eigenvalue weighted by Gasteiger charge is -2.17. The zero-order valence-electron chi connectivity index (χ0n) is 15.5. The van der Waals surface area contributed by atoms with Crippen LogP contribution in [0.3, 0.4) is 0 Å². The average molecular weight is 405 g/mol. The predicted octanol–water partition coefficient (Wildman–Crippen LogP) is 3.53. The number of hydrogen-bond acceptors (Lipinski definition) is 4. The van der Waals surface area contributed by atoms with Gasteiger partial charge in [0, 0.05) is 5.92 Å². The Bertz CT molecular complexity index is 782. The second-order valence-electron chi connectivity index (χ2n) is 6.65. The van der Waals surface area contributed by atoms with Gasteiger partial charge in [-0.25, -0.2) is 9.59 Å². The second-order valence-corrected chi connectivity index (χ2v) is 6.65. The molecular formula is C21H25ClN2O4. The number of carboxylic acid groups (broad SMARTS) is 1. The number of ether oxygens (including phenoxy) is 1. The molecule has 7 heteroatoms. The van der Waals surface area contributed by atoms with Crippen molar-refractivity contribution in [2.45, 2.75) is 31.2 Å². The Hall–Kier alpha value is -2.57. The van der Waals surface area contributed by atoms with Crippen LogP contribution in [-0.2, 0) is 9.53 Å². The number of amides is 1. The number of nitrogens with one attached hydrogen (secondary N) is 1. The molecule has 150 valence electrons. The van der Waals surface area contributed by atoms with E-state index in [0.717, 1.165) is 28.7 Å². The van der Waals surface area contributed by atoms with E-state index in [0.29, 0.717) is 19.4 Å². The van der Waals surface area contributed by atoms with E-state index in [9.17, 15) is 14.7 Å². The Morgan fingerprint density at radius 2 is 1.61 bits per heavy atom. The number of unbranched alkanes of at least 4 members (excludes halogenated alkanes) is 1. The summed E-state index contributed by atoms with van der Waals surface area (Å²) >= 11 is 0. The third-order valence-corrected chi connectivity index (χ3v) is 4.88. The van der Waals surface area contributed by atoms with Gasteiger partial charge in [-0.15, -0.1) is 12.4 Å². The number of rotatable bonds is 8. The smallest absolute Gasteiger partial charge is 0.407 e. The summed E-state index contributed by atoms with van der Waals surface area (Å²) in [5.41, 5.74) is 9.95. The highest BCUT2D eigenvalue weighted by Crippen LogP contribution is 2.44. The minimum absolute atomic E-state index is 0. The Kier molecular flexibility index (Phi) is 7.84. The normalized spacial score (nSPS) is 13.0. The van der Waals surface area contributed by atoms with Crippen molar-refractivity contribution in [2.75, 3.05) is 13.2 Å². The molecule has 3 rings (SSSR count). The van der Waals surface area contributed by atoms with Crippen LogP contribution in [0.25, 0.3) is 11.1 Å². The Labute approximate surface area is 170 Å². The van der Waals surface area contributed by atoms with Crippen molar-refractivity contribution in [1.29, 1.82) is 0 Å². The first-order chi connectivity index (χ1) is 13.1. The first-order valence-corrected chi connectivity index (χ1v) is 9.16. The summed E-state index contributed by atoms with van der Waals surface area (Å²) in [7, 11) is 0. The van der Waals surface area contributed by atoms with Gasteiger partial charge in [-0.1, -0.05) is 48.5 Å². The molecule has 4 N–H and O–H groups in total. The molecule has 1 amide bonds. The molecule has 1 atom stereocenters. The fraction of sp³-hybridized carbons (Fsp3) is 0.333. The van der Waals surface area contributed by atoms with Crippen LogP contribution in [0.4, 0.5) is 4.79 Å². The van der Waals surface area contributed by atoms with Crippen LogP contribution >= 0.6 is 12.4 Å². The SMILES string of the molecule is Cl.NCCCC[C@@H](NC(=O)OCC1c2ccccc2-c2ccccc21)C(=O)O. The summed E-state index contributed by atoms with van der Waals surface area (Å²) in [5.74, 6) is -1.12. The number of aliphatic carboxylic acids is 1. The summed E-state index contributed by atoms with van der Waals surface area (Å²) in [5, 5.41) is 11.7. The summed E-state index contributed by atoms with van der Waals surface area (Å²) < 4.78 is 5.39. The van der Waals surface area contributed by atoms with Gasteiger partial charge in [0.25, 0.3) is 0 Å². The van der Waals surface area contributed by atoms with Gasteiger partial charge >= 0.3 is 12.1 Å². The van der Waals surface area contributed by atoms with E-state index >= 15 is 0 Å². The highest BCUT2D eigenvalue weighted by atomic mass is 35.5. The molecule has 28 heavy (non-hydrogen) atoms. The third-order valence-electron chi connectivity index (χ3n) is 4.88. The van der Waals surface area contributed by atoms with Crippen LogP contribution < -0.4 is 11.1 Å². The summed E-state index contributed by atoms with van der Waals surface area (Å²) in [4.78, 5) is 23.5. The van der Waals surface area contributed by atoms with Gasteiger partial charge in [0.2, 0.25) is 0 Å².